The minimum Gasteiger partial charge on any atom is -0.391 e. The first kappa shape index (κ1) is 14.9. The van der Waals surface area contributed by atoms with Crippen molar-refractivity contribution in [1.82, 2.24) is 9.88 Å². The Bertz CT molecular complexity index is 459. The van der Waals surface area contributed by atoms with Crippen LogP contribution in [0.3, 0.4) is 0 Å². The Morgan fingerprint density at radius 3 is 2.94 bits per heavy atom. The third kappa shape index (κ3) is 5.01. The fourth-order valence-corrected chi connectivity index (χ4v) is 1.88. The average molecular weight is 317 g/mol. The number of carbonyl (C=O) groups is 1. The lowest BCUT2D eigenvalue weighted by molar-refractivity contribution is -0.122. The molecule has 0 aliphatic rings. The predicted octanol–water partition coefficient (Wildman–Crippen LogP) is 0.888. The summed E-state index contributed by atoms with van der Waals surface area (Å²) in [6.07, 6.45) is 2.54. The number of nitrogens with one attached hydrogen (secondary N) is 1. The van der Waals surface area contributed by atoms with Crippen molar-refractivity contribution in [3.8, 4) is 0 Å². The molecule has 0 saturated carbocycles. The number of aliphatic hydroxyl groups is 1. The van der Waals surface area contributed by atoms with Gasteiger partial charge in [-0.2, -0.15) is 0 Å². The number of rotatable bonds is 6. The minimum absolute atomic E-state index is 0.0445. The summed E-state index contributed by atoms with van der Waals surface area (Å²) < 4.78 is 2.05. The van der Waals surface area contributed by atoms with Crippen LogP contribution in [0, 0.1) is 0 Å². The summed E-state index contributed by atoms with van der Waals surface area (Å²) in [4.78, 5) is 23.0. The number of amides is 1. The Morgan fingerprint density at radius 1 is 1.56 bits per heavy atom. The highest BCUT2D eigenvalue weighted by atomic mass is 79.9. The molecule has 0 fully saturated rings. The van der Waals surface area contributed by atoms with Gasteiger partial charge in [0.15, 0.2) is 0 Å². The molecule has 0 aromatic carbocycles. The molecule has 0 aliphatic carbocycles. The maximum absolute atomic E-state index is 11.6. The number of hydrogen-bond donors (Lipinski definition) is 2. The maximum Gasteiger partial charge on any atom is 0.251 e. The summed E-state index contributed by atoms with van der Waals surface area (Å²) in [6.45, 7) is 2.14. The van der Waals surface area contributed by atoms with Crippen LogP contribution in [0.15, 0.2) is 27.6 Å². The van der Waals surface area contributed by atoms with Crippen LogP contribution in [0.2, 0.25) is 0 Å². The van der Waals surface area contributed by atoms with Gasteiger partial charge in [0.2, 0.25) is 5.91 Å². The fraction of sp³-hybridized carbons (Fsp3) is 0.500. The van der Waals surface area contributed by atoms with E-state index in [9.17, 15) is 14.7 Å². The monoisotopic (exact) mass is 316 g/mol. The van der Waals surface area contributed by atoms with Gasteiger partial charge in [0.1, 0.15) is 6.54 Å². The molecule has 0 saturated heterocycles. The van der Waals surface area contributed by atoms with E-state index in [2.05, 4.69) is 21.2 Å². The van der Waals surface area contributed by atoms with Gasteiger partial charge in [0, 0.05) is 23.3 Å². The lowest BCUT2D eigenvalue weighted by Crippen LogP contribution is -2.36. The number of aromatic nitrogens is 1. The molecule has 0 spiro atoms. The van der Waals surface area contributed by atoms with Crippen LogP contribution < -0.4 is 10.9 Å². The standard InChI is InChI=1S/C12H17BrN2O3/c1-2-3-10(16)6-14-11(17)8-15-7-9(13)4-5-12(15)18/h4-5,7,10,16H,2-3,6,8H2,1H3,(H,14,17). The first-order valence-electron chi connectivity index (χ1n) is 5.83. The molecule has 5 nitrogen and oxygen atoms in total. The predicted molar refractivity (Wildman–Crippen MR) is 72.3 cm³/mol. The van der Waals surface area contributed by atoms with Crippen molar-refractivity contribution in [3.63, 3.8) is 0 Å². The second kappa shape index (κ2) is 7.33. The largest absolute Gasteiger partial charge is 0.391 e. The van der Waals surface area contributed by atoms with Gasteiger partial charge < -0.3 is 15.0 Å². The first-order chi connectivity index (χ1) is 8.52. The molecular formula is C12H17BrN2O3. The van der Waals surface area contributed by atoms with Crippen molar-refractivity contribution in [3.05, 3.63) is 33.2 Å². The number of nitrogens with zero attached hydrogens (tertiary/aromatic N) is 1. The van der Waals surface area contributed by atoms with Crippen LogP contribution in [0.5, 0.6) is 0 Å². The van der Waals surface area contributed by atoms with Gasteiger partial charge >= 0.3 is 0 Å². The number of aliphatic hydroxyl groups excluding tert-OH is 1. The van der Waals surface area contributed by atoms with Gasteiger partial charge in [0.05, 0.1) is 6.10 Å². The SMILES string of the molecule is CCCC(O)CNC(=O)Cn1cc(Br)ccc1=O. The number of carbonyl (C=O) groups excluding carboxylic acids is 1. The minimum atomic E-state index is -0.529. The van der Waals surface area contributed by atoms with Gasteiger partial charge in [-0.05, 0) is 28.4 Å². The second-order valence-corrected chi connectivity index (χ2v) is 4.98. The third-order valence-corrected chi connectivity index (χ3v) is 2.89. The first-order valence-corrected chi connectivity index (χ1v) is 6.63. The molecule has 18 heavy (non-hydrogen) atoms. The van der Waals surface area contributed by atoms with Gasteiger partial charge in [-0.1, -0.05) is 13.3 Å². The molecular weight excluding hydrogens is 300 g/mol. The van der Waals surface area contributed by atoms with E-state index in [-0.39, 0.29) is 24.6 Å². The van der Waals surface area contributed by atoms with Crippen LogP contribution in [-0.4, -0.2) is 28.2 Å². The summed E-state index contributed by atoms with van der Waals surface area (Å²) >= 11 is 3.24. The summed E-state index contributed by atoms with van der Waals surface area (Å²) in [7, 11) is 0. The Balaban J connectivity index is 2.49. The maximum atomic E-state index is 11.6. The topological polar surface area (TPSA) is 71.3 Å². The van der Waals surface area contributed by atoms with E-state index >= 15 is 0 Å². The summed E-state index contributed by atoms with van der Waals surface area (Å²) in [5, 5.41) is 12.1. The quantitative estimate of drug-likeness (QED) is 0.818. The van der Waals surface area contributed by atoms with E-state index in [1.807, 2.05) is 6.92 Å². The Labute approximate surface area is 114 Å². The Morgan fingerprint density at radius 2 is 2.28 bits per heavy atom. The molecule has 1 unspecified atom stereocenters. The second-order valence-electron chi connectivity index (χ2n) is 4.06. The zero-order chi connectivity index (χ0) is 13.5. The van der Waals surface area contributed by atoms with E-state index in [4.69, 9.17) is 0 Å². The summed E-state index contributed by atoms with van der Waals surface area (Å²) in [5.41, 5.74) is -0.234. The van der Waals surface area contributed by atoms with Crippen LogP contribution in [0.25, 0.3) is 0 Å². The van der Waals surface area contributed by atoms with E-state index in [1.165, 1.54) is 10.6 Å². The van der Waals surface area contributed by atoms with Crippen LogP contribution in [-0.2, 0) is 11.3 Å². The highest BCUT2D eigenvalue weighted by Crippen LogP contribution is 2.04. The van der Waals surface area contributed by atoms with Gasteiger partial charge in [-0.25, -0.2) is 0 Å². The molecule has 6 heteroatoms. The highest BCUT2D eigenvalue weighted by molar-refractivity contribution is 9.10. The van der Waals surface area contributed by atoms with E-state index in [0.29, 0.717) is 6.42 Å². The molecule has 0 bridgehead atoms. The molecule has 1 amide bonds. The molecule has 1 atom stereocenters. The lowest BCUT2D eigenvalue weighted by atomic mass is 10.2. The molecule has 1 aromatic rings. The summed E-state index contributed by atoms with van der Waals surface area (Å²) in [6, 6.07) is 3.02. The highest BCUT2D eigenvalue weighted by Gasteiger charge is 2.07. The van der Waals surface area contributed by atoms with Gasteiger partial charge in [0.25, 0.3) is 5.56 Å². The fourth-order valence-electron chi connectivity index (χ4n) is 1.50. The average Bonchev–Trinajstić information content (AvgIpc) is 2.32. The molecule has 0 aliphatic heterocycles. The van der Waals surface area contributed by atoms with Crippen molar-refractivity contribution in [2.24, 2.45) is 0 Å². The molecule has 0 radical (unpaired) electrons. The van der Waals surface area contributed by atoms with Gasteiger partial charge in [-0.3, -0.25) is 9.59 Å². The van der Waals surface area contributed by atoms with Crippen LogP contribution >= 0.6 is 15.9 Å². The molecule has 1 heterocycles. The van der Waals surface area contributed by atoms with E-state index in [0.717, 1.165) is 10.9 Å². The smallest absolute Gasteiger partial charge is 0.251 e. The van der Waals surface area contributed by atoms with Crippen molar-refractivity contribution >= 4 is 21.8 Å². The van der Waals surface area contributed by atoms with E-state index in [1.54, 1.807) is 12.3 Å². The van der Waals surface area contributed by atoms with Crippen LogP contribution in [0.1, 0.15) is 19.8 Å². The van der Waals surface area contributed by atoms with Crippen LogP contribution in [0.4, 0.5) is 0 Å². The third-order valence-electron chi connectivity index (χ3n) is 2.42. The molecule has 1 rings (SSSR count). The Kier molecular flexibility index (Phi) is 6.07. The molecule has 2 N–H and O–H groups in total. The number of halogens is 1. The number of pyridine rings is 1. The Hall–Kier alpha value is -1.14. The normalized spacial score (nSPS) is 12.2. The van der Waals surface area contributed by atoms with E-state index < -0.39 is 6.10 Å². The summed E-state index contributed by atoms with van der Waals surface area (Å²) in [5.74, 6) is -0.287. The zero-order valence-corrected chi connectivity index (χ0v) is 11.8. The molecule has 1 aromatic heterocycles. The number of hydrogen-bond acceptors (Lipinski definition) is 3. The van der Waals surface area contributed by atoms with Gasteiger partial charge in [-0.15, -0.1) is 0 Å². The van der Waals surface area contributed by atoms with Crippen molar-refractivity contribution in [1.29, 1.82) is 0 Å². The van der Waals surface area contributed by atoms with Crippen molar-refractivity contribution in [2.45, 2.75) is 32.4 Å². The molecule has 100 valence electrons. The van der Waals surface area contributed by atoms with Crippen molar-refractivity contribution in [2.75, 3.05) is 6.54 Å². The lowest BCUT2D eigenvalue weighted by Gasteiger charge is -2.11. The van der Waals surface area contributed by atoms with Crippen molar-refractivity contribution < 1.29 is 9.90 Å². The zero-order valence-electron chi connectivity index (χ0n) is 10.2.